The van der Waals surface area contributed by atoms with E-state index in [1.807, 2.05) is 0 Å². The van der Waals surface area contributed by atoms with Crippen molar-refractivity contribution < 1.29 is 9.13 Å². The van der Waals surface area contributed by atoms with Gasteiger partial charge in [-0.25, -0.2) is 4.39 Å². The van der Waals surface area contributed by atoms with Crippen molar-refractivity contribution in [2.75, 3.05) is 20.8 Å². The molecule has 0 fully saturated rings. The molecule has 2 aromatic heterocycles. The SMILES string of the molecule is CNC(c1ccncc1F)c1c(Cl)cnn1CCOC. The molecule has 1 N–H and O–H groups in total. The molecular weight excluding hydrogens is 283 g/mol. The van der Waals surface area contributed by atoms with Gasteiger partial charge in [0.1, 0.15) is 5.82 Å². The summed E-state index contributed by atoms with van der Waals surface area (Å²) in [6, 6.07) is 1.23. The van der Waals surface area contributed by atoms with Crippen LogP contribution in [-0.2, 0) is 11.3 Å². The average Bonchev–Trinajstić information content (AvgIpc) is 2.81. The lowest BCUT2D eigenvalue weighted by Crippen LogP contribution is -2.24. The third kappa shape index (κ3) is 2.98. The minimum absolute atomic E-state index is 0.387. The molecule has 108 valence electrons. The van der Waals surface area contributed by atoms with E-state index < -0.39 is 6.04 Å². The van der Waals surface area contributed by atoms with Crippen LogP contribution >= 0.6 is 11.6 Å². The number of halogens is 2. The Hall–Kier alpha value is -1.50. The van der Waals surface area contributed by atoms with Gasteiger partial charge in [-0.15, -0.1) is 0 Å². The van der Waals surface area contributed by atoms with E-state index in [-0.39, 0.29) is 5.82 Å². The van der Waals surface area contributed by atoms with Crippen molar-refractivity contribution in [3.05, 3.63) is 46.8 Å². The van der Waals surface area contributed by atoms with Crippen molar-refractivity contribution in [1.82, 2.24) is 20.1 Å². The fourth-order valence-electron chi connectivity index (χ4n) is 2.07. The fraction of sp³-hybridized carbons (Fsp3) is 0.385. The third-order valence-electron chi connectivity index (χ3n) is 3.02. The highest BCUT2D eigenvalue weighted by atomic mass is 35.5. The first-order valence-corrected chi connectivity index (χ1v) is 6.53. The number of nitrogens with zero attached hydrogens (tertiary/aromatic N) is 3. The van der Waals surface area contributed by atoms with Crippen LogP contribution in [-0.4, -0.2) is 35.5 Å². The molecular formula is C13H16ClFN4O. The molecule has 7 heteroatoms. The highest BCUT2D eigenvalue weighted by Crippen LogP contribution is 2.29. The normalized spacial score (nSPS) is 12.6. The lowest BCUT2D eigenvalue weighted by Gasteiger charge is -2.19. The molecule has 0 saturated carbocycles. The summed E-state index contributed by atoms with van der Waals surface area (Å²) in [5.41, 5.74) is 1.18. The molecule has 0 aliphatic carbocycles. The summed E-state index contributed by atoms with van der Waals surface area (Å²) in [6.07, 6.45) is 4.28. The highest BCUT2D eigenvalue weighted by molar-refractivity contribution is 6.31. The van der Waals surface area contributed by atoms with Gasteiger partial charge in [-0.05, 0) is 13.1 Å². The number of nitrogens with one attached hydrogen (secondary N) is 1. The second-order valence-electron chi connectivity index (χ2n) is 4.21. The van der Waals surface area contributed by atoms with Crippen LogP contribution in [0.2, 0.25) is 5.02 Å². The summed E-state index contributed by atoms with van der Waals surface area (Å²) in [4.78, 5) is 3.76. The second kappa shape index (κ2) is 6.78. The number of hydrogen-bond acceptors (Lipinski definition) is 4. The van der Waals surface area contributed by atoms with Crippen LogP contribution in [0.25, 0.3) is 0 Å². The molecule has 0 bridgehead atoms. The quantitative estimate of drug-likeness (QED) is 0.886. The van der Waals surface area contributed by atoms with Crippen LogP contribution in [0.15, 0.2) is 24.7 Å². The number of hydrogen-bond donors (Lipinski definition) is 1. The smallest absolute Gasteiger partial charge is 0.146 e. The van der Waals surface area contributed by atoms with E-state index in [0.717, 1.165) is 0 Å². The zero-order valence-electron chi connectivity index (χ0n) is 11.3. The summed E-state index contributed by atoms with van der Waals surface area (Å²) in [5.74, 6) is -0.387. The van der Waals surface area contributed by atoms with Crippen molar-refractivity contribution in [3.63, 3.8) is 0 Å². The van der Waals surface area contributed by atoms with Crippen molar-refractivity contribution >= 4 is 11.6 Å². The van der Waals surface area contributed by atoms with Crippen molar-refractivity contribution in [1.29, 1.82) is 0 Å². The maximum Gasteiger partial charge on any atom is 0.146 e. The Morgan fingerprint density at radius 1 is 1.50 bits per heavy atom. The van der Waals surface area contributed by atoms with Crippen LogP contribution in [0.5, 0.6) is 0 Å². The topological polar surface area (TPSA) is 52.0 Å². The first kappa shape index (κ1) is 14.9. The summed E-state index contributed by atoms with van der Waals surface area (Å²) in [6.45, 7) is 1.05. The van der Waals surface area contributed by atoms with E-state index in [9.17, 15) is 4.39 Å². The van der Waals surface area contributed by atoms with Crippen LogP contribution < -0.4 is 5.32 Å². The lowest BCUT2D eigenvalue weighted by molar-refractivity contribution is 0.182. The van der Waals surface area contributed by atoms with Crippen LogP contribution in [0, 0.1) is 5.82 Å². The van der Waals surface area contributed by atoms with Gasteiger partial charge in [0.2, 0.25) is 0 Å². The van der Waals surface area contributed by atoms with Gasteiger partial charge in [-0.1, -0.05) is 11.6 Å². The molecule has 0 aliphatic rings. The first-order valence-electron chi connectivity index (χ1n) is 6.15. The number of aromatic nitrogens is 3. The van der Waals surface area contributed by atoms with Gasteiger partial charge in [0.25, 0.3) is 0 Å². The van der Waals surface area contributed by atoms with Gasteiger partial charge in [-0.3, -0.25) is 9.67 Å². The summed E-state index contributed by atoms with van der Waals surface area (Å²) < 4.78 is 20.7. The Labute approximate surface area is 121 Å². The van der Waals surface area contributed by atoms with Crippen LogP contribution in [0.3, 0.4) is 0 Å². The molecule has 1 unspecified atom stereocenters. The molecule has 0 amide bonds. The standard InChI is InChI=1S/C13H16ClFN4O/c1-16-12(9-3-4-17-8-11(9)15)13-10(14)7-18-19(13)5-6-20-2/h3-4,7-8,12,16H,5-6H2,1-2H3. The van der Waals surface area contributed by atoms with Crippen molar-refractivity contribution in [2.24, 2.45) is 0 Å². The molecule has 0 saturated heterocycles. The molecule has 2 rings (SSSR count). The number of methoxy groups -OCH3 is 1. The lowest BCUT2D eigenvalue weighted by atomic mass is 10.0. The van der Waals surface area contributed by atoms with Gasteiger partial charge in [0.15, 0.2) is 0 Å². The van der Waals surface area contributed by atoms with E-state index in [4.69, 9.17) is 16.3 Å². The minimum Gasteiger partial charge on any atom is -0.383 e. The predicted octanol–water partition coefficient (Wildman–Crippen LogP) is 2.03. The maximum atomic E-state index is 13.9. The molecule has 0 aliphatic heterocycles. The molecule has 0 aromatic carbocycles. The molecule has 2 heterocycles. The Morgan fingerprint density at radius 2 is 2.30 bits per heavy atom. The molecule has 0 radical (unpaired) electrons. The Morgan fingerprint density at radius 3 is 2.95 bits per heavy atom. The van der Waals surface area contributed by atoms with Crippen molar-refractivity contribution in [3.8, 4) is 0 Å². The average molecular weight is 299 g/mol. The van der Waals surface area contributed by atoms with Gasteiger partial charge in [0, 0.05) is 18.9 Å². The summed E-state index contributed by atoms with van der Waals surface area (Å²) >= 11 is 6.20. The number of pyridine rings is 1. The summed E-state index contributed by atoms with van der Waals surface area (Å²) in [5, 5.41) is 7.75. The Bertz CT molecular complexity index is 575. The maximum absolute atomic E-state index is 13.9. The van der Waals surface area contributed by atoms with E-state index in [1.165, 1.54) is 6.20 Å². The van der Waals surface area contributed by atoms with E-state index in [1.54, 1.807) is 37.3 Å². The minimum atomic E-state index is -0.398. The van der Waals surface area contributed by atoms with Gasteiger partial charge in [-0.2, -0.15) is 5.10 Å². The molecule has 0 spiro atoms. The van der Waals surface area contributed by atoms with E-state index in [0.29, 0.717) is 29.4 Å². The Balaban J connectivity index is 2.42. The molecule has 20 heavy (non-hydrogen) atoms. The zero-order chi connectivity index (χ0) is 14.5. The molecule has 2 aromatic rings. The number of ether oxygens (including phenoxy) is 1. The second-order valence-corrected chi connectivity index (χ2v) is 4.62. The Kier molecular flexibility index (Phi) is 5.05. The van der Waals surface area contributed by atoms with Crippen molar-refractivity contribution in [2.45, 2.75) is 12.6 Å². The van der Waals surface area contributed by atoms with E-state index >= 15 is 0 Å². The zero-order valence-corrected chi connectivity index (χ0v) is 12.1. The molecule has 1 atom stereocenters. The highest BCUT2D eigenvalue weighted by Gasteiger charge is 2.23. The monoisotopic (exact) mass is 298 g/mol. The first-order chi connectivity index (χ1) is 9.69. The van der Waals surface area contributed by atoms with Crippen LogP contribution in [0.1, 0.15) is 17.3 Å². The fourth-order valence-corrected chi connectivity index (χ4v) is 2.32. The largest absolute Gasteiger partial charge is 0.383 e. The van der Waals surface area contributed by atoms with Crippen LogP contribution in [0.4, 0.5) is 4.39 Å². The van der Waals surface area contributed by atoms with Gasteiger partial charge in [0.05, 0.1) is 42.3 Å². The van der Waals surface area contributed by atoms with Gasteiger partial charge < -0.3 is 10.1 Å². The summed E-state index contributed by atoms with van der Waals surface area (Å²) in [7, 11) is 3.36. The predicted molar refractivity (Wildman–Crippen MR) is 74.2 cm³/mol. The van der Waals surface area contributed by atoms with E-state index in [2.05, 4.69) is 15.4 Å². The molecule has 5 nitrogen and oxygen atoms in total. The third-order valence-corrected chi connectivity index (χ3v) is 3.31. The number of rotatable bonds is 6. The van der Waals surface area contributed by atoms with Gasteiger partial charge >= 0.3 is 0 Å².